The summed E-state index contributed by atoms with van der Waals surface area (Å²) >= 11 is -0.308. The van der Waals surface area contributed by atoms with Gasteiger partial charge in [-0.2, -0.15) is 13.2 Å². The van der Waals surface area contributed by atoms with Crippen LogP contribution in [0.2, 0.25) is 0 Å². The zero-order chi connectivity index (χ0) is 12.3. The summed E-state index contributed by atoms with van der Waals surface area (Å²) in [4.78, 5) is 11.2. The van der Waals surface area contributed by atoms with Crippen LogP contribution in [0, 0.1) is 0 Å². The maximum Gasteiger partial charge on any atom is 0.446 e. The predicted octanol–water partition coefficient (Wildman–Crippen LogP) is 3.47. The minimum atomic E-state index is -4.40. The second-order valence-electron chi connectivity index (χ2n) is 3.08. The van der Waals surface area contributed by atoms with E-state index in [4.69, 9.17) is 5.73 Å². The summed E-state index contributed by atoms with van der Waals surface area (Å²) in [5.41, 5.74) is 1.28. The largest absolute Gasteiger partial charge is 0.446 e. The number of carbonyl (C=O) groups is 1. The van der Waals surface area contributed by atoms with Crippen LogP contribution in [0.15, 0.2) is 23.1 Å². The average molecular weight is 249 g/mol. The Labute approximate surface area is 95.0 Å². The van der Waals surface area contributed by atoms with Gasteiger partial charge in [-0.3, -0.25) is 4.79 Å². The molecule has 2 N–H and O–H groups in total. The molecule has 0 unspecified atom stereocenters. The number of hydrogen-bond donors (Lipinski definition) is 1. The van der Waals surface area contributed by atoms with Crippen molar-refractivity contribution in [2.45, 2.75) is 23.7 Å². The lowest BCUT2D eigenvalue weighted by atomic mass is 10.1. The van der Waals surface area contributed by atoms with Gasteiger partial charge in [-0.05, 0) is 30.0 Å². The lowest BCUT2D eigenvalue weighted by Gasteiger charge is -2.09. The molecule has 1 aromatic rings. The molecule has 0 fully saturated rings. The third-order valence-electron chi connectivity index (χ3n) is 1.88. The summed E-state index contributed by atoms with van der Waals surface area (Å²) < 4.78 is 36.5. The van der Waals surface area contributed by atoms with Gasteiger partial charge in [0, 0.05) is 22.6 Å². The maximum absolute atomic E-state index is 12.2. The van der Waals surface area contributed by atoms with Crippen molar-refractivity contribution < 1.29 is 18.0 Å². The molecule has 0 amide bonds. The molecule has 0 aliphatic rings. The number of ketones is 1. The van der Waals surface area contributed by atoms with Crippen LogP contribution in [-0.2, 0) is 0 Å². The van der Waals surface area contributed by atoms with Gasteiger partial charge < -0.3 is 5.73 Å². The fraction of sp³-hybridized carbons (Fsp3) is 0.300. The first-order chi connectivity index (χ1) is 7.33. The van der Waals surface area contributed by atoms with E-state index in [1.54, 1.807) is 6.92 Å². The smallest absolute Gasteiger partial charge is 0.398 e. The standard InChI is InChI=1S/C10H10F3NOS/c1-2-8(15)6-3-4-7(14)9(5-6)16-10(11,12)13/h3-5H,2,14H2,1H3. The molecule has 0 spiro atoms. The van der Waals surface area contributed by atoms with Gasteiger partial charge in [0.2, 0.25) is 0 Å². The third kappa shape index (κ3) is 3.44. The van der Waals surface area contributed by atoms with Gasteiger partial charge in [-0.1, -0.05) is 6.92 Å². The molecule has 1 rings (SSSR count). The molecule has 2 nitrogen and oxygen atoms in total. The van der Waals surface area contributed by atoms with E-state index < -0.39 is 5.51 Å². The Kier molecular flexibility index (Phi) is 3.85. The minimum Gasteiger partial charge on any atom is -0.398 e. The van der Waals surface area contributed by atoms with Gasteiger partial charge in [0.1, 0.15) is 0 Å². The van der Waals surface area contributed by atoms with E-state index in [1.165, 1.54) is 18.2 Å². The van der Waals surface area contributed by atoms with Crippen LogP contribution in [0.4, 0.5) is 18.9 Å². The van der Waals surface area contributed by atoms with Crippen LogP contribution >= 0.6 is 11.8 Å². The highest BCUT2D eigenvalue weighted by molar-refractivity contribution is 8.00. The Bertz CT molecular complexity index is 404. The lowest BCUT2D eigenvalue weighted by Crippen LogP contribution is -2.03. The molecular formula is C10H10F3NOS. The van der Waals surface area contributed by atoms with E-state index in [-0.39, 0.29) is 40.1 Å². The van der Waals surface area contributed by atoms with Crippen molar-refractivity contribution in [1.82, 2.24) is 0 Å². The van der Waals surface area contributed by atoms with E-state index >= 15 is 0 Å². The molecule has 0 atom stereocenters. The van der Waals surface area contributed by atoms with E-state index in [0.29, 0.717) is 0 Å². The van der Waals surface area contributed by atoms with Gasteiger partial charge in [0.15, 0.2) is 5.78 Å². The zero-order valence-corrected chi connectivity index (χ0v) is 9.28. The van der Waals surface area contributed by atoms with Crippen LogP contribution in [0.25, 0.3) is 0 Å². The third-order valence-corrected chi connectivity index (χ3v) is 2.69. The summed E-state index contributed by atoms with van der Waals surface area (Å²) in [6.07, 6.45) is 0.250. The van der Waals surface area contributed by atoms with Crippen molar-refractivity contribution in [3.8, 4) is 0 Å². The van der Waals surface area contributed by atoms with Crippen LogP contribution < -0.4 is 5.73 Å². The van der Waals surface area contributed by atoms with Gasteiger partial charge in [0.25, 0.3) is 0 Å². The lowest BCUT2D eigenvalue weighted by molar-refractivity contribution is -0.0328. The Morgan fingerprint density at radius 3 is 2.56 bits per heavy atom. The van der Waals surface area contributed by atoms with Crippen molar-refractivity contribution in [2.75, 3.05) is 5.73 Å². The van der Waals surface area contributed by atoms with E-state index in [1.807, 2.05) is 0 Å². The Hall–Kier alpha value is -1.17. The first kappa shape index (κ1) is 12.9. The highest BCUT2D eigenvalue weighted by Gasteiger charge is 2.30. The Morgan fingerprint density at radius 1 is 1.44 bits per heavy atom. The summed E-state index contributed by atoms with van der Waals surface area (Å²) in [5, 5.41) is 0. The molecule has 0 saturated heterocycles. The van der Waals surface area contributed by atoms with Crippen molar-refractivity contribution in [2.24, 2.45) is 0 Å². The van der Waals surface area contributed by atoms with Crippen molar-refractivity contribution in [3.63, 3.8) is 0 Å². The predicted molar refractivity (Wildman–Crippen MR) is 57.4 cm³/mol. The maximum atomic E-state index is 12.2. The molecule has 0 aliphatic heterocycles. The number of carbonyl (C=O) groups excluding carboxylic acids is 1. The number of nitrogen functional groups attached to an aromatic ring is 1. The van der Waals surface area contributed by atoms with Crippen LogP contribution in [0.5, 0.6) is 0 Å². The molecular weight excluding hydrogens is 239 g/mol. The molecule has 0 radical (unpaired) electrons. The fourth-order valence-corrected chi connectivity index (χ4v) is 1.75. The highest BCUT2D eigenvalue weighted by atomic mass is 32.2. The molecule has 0 saturated carbocycles. The second-order valence-corrected chi connectivity index (χ2v) is 4.18. The number of nitrogens with two attached hydrogens (primary N) is 1. The number of benzene rings is 1. The quantitative estimate of drug-likeness (QED) is 0.506. The Balaban J connectivity index is 3.04. The zero-order valence-electron chi connectivity index (χ0n) is 8.47. The summed E-state index contributed by atoms with van der Waals surface area (Å²) in [5.74, 6) is -0.205. The van der Waals surface area contributed by atoms with Crippen LogP contribution in [0.1, 0.15) is 23.7 Å². The molecule has 16 heavy (non-hydrogen) atoms. The normalized spacial score (nSPS) is 11.5. The number of hydrogen-bond acceptors (Lipinski definition) is 3. The monoisotopic (exact) mass is 249 g/mol. The van der Waals surface area contributed by atoms with Gasteiger partial charge in [0.05, 0.1) is 0 Å². The summed E-state index contributed by atoms with van der Waals surface area (Å²) in [6.45, 7) is 1.65. The van der Waals surface area contributed by atoms with E-state index in [9.17, 15) is 18.0 Å². The van der Waals surface area contributed by atoms with Crippen molar-refractivity contribution in [3.05, 3.63) is 23.8 Å². The molecule has 1 aromatic carbocycles. The average Bonchev–Trinajstić information content (AvgIpc) is 2.18. The highest BCUT2D eigenvalue weighted by Crippen LogP contribution is 2.39. The topological polar surface area (TPSA) is 43.1 Å². The number of halogens is 3. The van der Waals surface area contributed by atoms with E-state index in [0.717, 1.165) is 0 Å². The molecule has 6 heteroatoms. The fourth-order valence-electron chi connectivity index (χ4n) is 1.13. The summed E-state index contributed by atoms with van der Waals surface area (Å²) in [6, 6.07) is 3.93. The van der Waals surface area contributed by atoms with Crippen LogP contribution in [-0.4, -0.2) is 11.3 Å². The molecule has 88 valence electrons. The van der Waals surface area contributed by atoms with Crippen molar-refractivity contribution in [1.29, 1.82) is 0 Å². The van der Waals surface area contributed by atoms with Crippen molar-refractivity contribution >= 4 is 23.2 Å². The Morgan fingerprint density at radius 2 is 2.06 bits per heavy atom. The SMILES string of the molecule is CCC(=O)c1ccc(N)c(SC(F)(F)F)c1. The minimum absolute atomic E-state index is 0.0231. The number of anilines is 1. The first-order valence-corrected chi connectivity index (χ1v) is 5.33. The number of thioether (sulfide) groups is 1. The summed E-state index contributed by atoms with van der Waals surface area (Å²) in [7, 11) is 0. The number of Topliss-reactive ketones (excluding diaryl/α,β-unsaturated/α-hetero) is 1. The number of alkyl halides is 3. The van der Waals surface area contributed by atoms with E-state index in [2.05, 4.69) is 0 Å². The van der Waals surface area contributed by atoms with Gasteiger partial charge in [-0.25, -0.2) is 0 Å². The molecule has 0 heterocycles. The van der Waals surface area contributed by atoms with Crippen LogP contribution in [0.3, 0.4) is 0 Å². The van der Waals surface area contributed by atoms with Gasteiger partial charge >= 0.3 is 5.51 Å². The second kappa shape index (κ2) is 4.78. The molecule has 0 bridgehead atoms. The molecule has 0 aliphatic carbocycles. The first-order valence-electron chi connectivity index (χ1n) is 4.52. The molecule has 0 aromatic heterocycles. The number of rotatable bonds is 3. The van der Waals surface area contributed by atoms with Gasteiger partial charge in [-0.15, -0.1) is 0 Å².